The van der Waals surface area contributed by atoms with Gasteiger partial charge in [0.25, 0.3) is 5.56 Å². The number of H-pyrrole nitrogens is 1. The van der Waals surface area contributed by atoms with Crippen molar-refractivity contribution in [3.05, 3.63) is 112 Å². The van der Waals surface area contributed by atoms with Gasteiger partial charge in [0.05, 0.1) is 16.9 Å². The Morgan fingerprint density at radius 2 is 1.59 bits per heavy atom. The maximum Gasteiger partial charge on any atom is 0.280 e. The van der Waals surface area contributed by atoms with E-state index in [1.807, 2.05) is 42.5 Å². The number of aromatic amines is 1. The maximum atomic E-state index is 13.2. The number of hydrogen-bond acceptors (Lipinski definition) is 3. The number of aromatic nitrogens is 2. The highest BCUT2D eigenvalue weighted by Crippen LogP contribution is 2.25. The molecule has 0 fully saturated rings. The smallest absolute Gasteiger partial charge is 0.280 e. The quantitative estimate of drug-likeness (QED) is 0.378. The fourth-order valence-electron chi connectivity index (χ4n) is 3.36. The van der Waals surface area contributed by atoms with E-state index in [4.69, 9.17) is 0 Å². The van der Waals surface area contributed by atoms with Crippen molar-refractivity contribution in [1.82, 2.24) is 9.78 Å². The van der Waals surface area contributed by atoms with Crippen LogP contribution in [0.5, 0.6) is 5.75 Å². The van der Waals surface area contributed by atoms with Crippen LogP contribution < -0.4 is 5.56 Å². The van der Waals surface area contributed by atoms with Crippen molar-refractivity contribution >= 4 is 24.1 Å². The highest BCUT2D eigenvalue weighted by atomic mass is 16.3. The van der Waals surface area contributed by atoms with Crippen LogP contribution in [0.15, 0.2) is 88.6 Å². The van der Waals surface area contributed by atoms with Crippen LogP contribution in [0, 0.1) is 0 Å². The van der Waals surface area contributed by atoms with Gasteiger partial charge in [0.2, 0.25) is 0 Å². The molecule has 160 valence electrons. The number of phenols is 1. The first-order chi connectivity index (χ1) is 15.5. The minimum atomic E-state index is -0.217. The summed E-state index contributed by atoms with van der Waals surface area (Å²) in [5.74, 6) is 0.534. The molecule has 4 rings (SSSR count). The lowest BCUT2D eigenvalue weighted by molar-refractivity contribution is 0.477. The van der Waals surface area contributed by atoms with Crippen molar-refractivity contribution in [2.24, 2.45) is 4.99 Å². The van der Waals surface area contributed by atoms with Crippen LogP contribution in [0.4, 0.5) is 5.69 Å². The van der Waals surface area contributed by atoms with Gasteiger partial charge in [0.15, 0.2) is 0 Å². The molecule has 32 heavy (non-hydrogen) atoms. The normalized spacial score (nSPS) is 11.7. The molecular formula is C27H25N3O2. The van der Waals surface area contributed by atoms with E-state index >= 15 is 0 Å². The Morgan fingerprint density at radius 3 is 2.28 bits per heavy atom. The van der Waals surface area contributed by atoms with Crippen molar-refractivity contribution in [2.75, 3.05) is 0 Å². The molecule has 0 aliphatic heterocycles. The molecular weight excluding hydrogens is 398 g/mol. The second kappa shape index (κ2) is 9.35. The molecule has 0 amide bonds. The summed E-state index contributed by atoms with van der Waals surface area (Å²) < 4.78 is 1.49. The predicted octanol–water partition coefficient (Wildman–Crippen LogP) is 5.92. The number of aromatic hydroxyl groups is 1. The predicted molar refractivity (Wildman–Crippen MR) is 131 cm³/mol. The third kappa shape index (κ3) is 4.62. The molecule has 0 radical (unpaired) electrons. The zero-order valence-corrected chi connectivity index (χ0v) is 18.1. The maximum absolute atomic E-state index is 13.2. The summed E-state index contributed by atoms with van der Waals surface area (Å²) in [6.07, 6.45) is 5.33. The summed E-state index contributed by atoms with van der Waals surface area (Å²) in [6, 6.07) is 24.5. The van der Waals surface area contributed by atoms with Gasteiger partial charge in [0, 0.05) is 6.21 Å². The average molecular weight is 424 g/mol. The van der Waals surface area contributed by atoms with E-state index in [9.17, 15) is 9.90 Å². The molecule has 0 atom stereocenters. The second-order valence-corrected chi connectivity index (χ2v) is 7.82. The van der Waals surface area contributed by atoms with E-state index in [-0.39, 0.29) is 11.3 Å². The molecule has 0 unspecified atom stereocenters. The Balaban J connectivity index is 1.74. The summed E-state index contributed by atoms with van der Waals surface area (Å²) in [5.41, 5.74) is 4.27. The first-order valence-electron chi connectivity index (χ1n) is 10.5. The Morgan fingerprint density at radius 1 is 0.906 bits per heavy atom. The summed E-state index contributed by atoms with van der Waals surface area (Å²) in [5, 5.41) is 13.2. The van der Waals surface area contributed by atoms with Crippen molar-refractivity contribution in [1.29, 1.82) is 0 Å². The van der Waals surface area contributed by atoms with Gasteiger partial charge in [0.1, 0.15) is 11.4 Å². The molecule has 4 aromatic rings. The number of phenolic OH excluding ortho intramolecular Hbond substituents is 1. The number of rotatable bonds is 6. The number of aliphatic imine (C=N–C) groups is 1. The molecule has 3 aromatic carbocycles. The SMILES string of the molecule is CC(C)c1ccc(/C=C/c2[nH]n(-c3ccccc3)c(=O)c2C=Nc2ccccc2O)cc1. The highest BCUT2D eigenvalue weighted by Gasteiger charge is 2.12. The van der Waals surface area contributed by atoms with E-state index in [0.29, 0.717) is 22.9 Å². The molecule has 0 bridgehead atoms. The largest absolute Gasteiger partial charge is 0.506 e. The zero-order chi connectivity index (χ0) is 22.5. The van der Waals surface area contributed by atoms with Crippen LogP contribution in [0.2, 0.25) is 0 Å². The van der Waals surface area contributed by atoms with Gasteiger partial charge in [-0.3, -0.25) is 14.9 Å². The van der Waals surface area contributed by atoms with E-state index < -0.39 is 0 Å². The topological polar surface area (TPSA) is 70.4 Å². The Labute approximate surface area is 187 Å². The standard InChI is InChI=1S/C27H25N3O2/c1-19(2)21-15-12-20(13-16-21)14-17-24-23(18-28-25-10-6-7-11-26(25)31)27(32)30(29-24)22-8-4-3-5-9-22/h3-19,29,31H,1-2H3/b17-14+,28-18?. The van der Waals surface area contributed by atoms with E-state index in [2.05, 4.69) is 48.2 Å². The summed E-state index contributed by atoms with van der Waals surface area (Å²) in [6.45, 7) is 4.33. The zero-order valence-electron chi connectivity index (χ0n) is 18.1. The summed E-state index contributed by atoms with van der Waals surface area (Å²) in [4.78, 5) is 17.5. The molecule has 0 aliphatic carbocycles. The second-order valence-electron chi connectivity index (χ2n) is 7.82. The molecule has 2 N–H and O–H groups in total. The molecule has 5 heteroatoms. The Bertz CT molecular complexity index is 1310. The van der Waals surface area contributed by atoms with Crippen molar-refractivity contribution in [2.45, 2.75) is 19.8 Å². The van der Waals surface area contributed by atoms with Crippen molar-refractivity contribution in [3.63, 3.8) is 0 Å². The van der Waals surface area contributed by atoms with Crippen LogP contribution in [-0.2, 0) is 0 Å². The first-order valence-corrected chi connectivity index (χ1v) is 10.5. The lowest BCUT2D eigenvalue weighted by Crippen LogP contribution is -2.17. The lowest BCUT2D eigenvalue weighted by Gasteiger charge is -2.04. The number of nitrogens with zero attached hydrogens (tertiary/aromatic N) is 2. The van der Waals surface area contributed by atoms with E-state index in [0.717, 1.165) is 11.3 Å². The molecule has 1 heterocycles. The molecule has 5 nitrogen and oxygen atoms in total. The highest BCUT2D eigenvalue weighted by molar-refractivity contribution is 5.88. The fraction of sp³-hybridized carbons (Fsp3) is 0.111. The molecule has 0 spiro atoms. The van der Waals surface area contributed by atoms with Crippen LogP contribution in [-0.4, -0.2) is 21.1 Å². The van der Waals surface area contributed by atoms with Gasteiger partial charge in [-0.2, -0.15) is 0 Å². The number of para-hydroxylation sites is 3. The third-order valence-electron chi connectivity index (χ3n) is 5.23. The Hall–Kier alpha value is -4.12. The van der Waals surface area contributed by atoms with Gasteiger partial charge in [-0.05, 0) is 47.4 Å². The van der Waals surface area contributed by atoms with Crippen LogP contribution >= 0.6 is 0 Å². The summed E-state index contributed by atoms with van der Waals surface area (Å²) >= 11 is 0. The van der Waals surface area contributed by atoms with E-state index in [1.165, 1.54) is 16.5 Å². The Kier molecular flexibility index (Phi) is 6.17. The average Bonchev–Trinajstić information content (AvgIpc) is 3.13. The monoisotopic (exact) mass is 423 g/mol. The summed E-state index contributed by atoms with van der Waals surface area (Å²) in [7, 11) is 0. The number of nitrogens with one attached hydrogen (secondary N) is 1. The third-order valence-corrected chi connectivity index (χ3v) is 5.23. The minimum absolute atomic E-state index is 0.0602. The molecule has 0 aliphatic rings. The molecule has 1 aromatic heterocycles. The van der Waals surface area contributed by atoms with Crippen LogP contribution in [0.1, 0.15) is 42.1 Å². The molecule has 0 saturated heterocycles. The van der Waals surface area contributed by atoms with Gasteiger partial charge in [-0.25, -0.2) is 4.68 Å². The van der Waals surface area contributed by atoms with Gasteiger partial charge in [-0.15, -0.1) is 0 Å². The van der Waals surface area contributed by atoms with Crippen LogP contribution in [0.3, 0.4) is 0 Å². The lowest BCUT2D eigenvalue weighted by atomic mass is 10.0. The van der Waals surface area contributed by atoms with Gasteiger partial charge >= 0.3 is 0 Å². The van der Waals surface area contributed by atoms with Gasteiger partial charge < -0.3 is 5.11 Å². The first kappa shape index (κ1) is 21.1. The van der Waals surface area contributed by atoms with E-state index in [1.54, 1.807) is 24.3 Å². The van der Waals surface area contributed by atoms with Gasteiger partial charge in [-0.1, -0.05) is 74.5 Å². The van der Waals surface area contributed by atoms with Crippen molar-refractivity contribution in [3.8, 4) is 11.4 Å². The number of hydrogen-bond donors (Lipinski definition) is 2. The minimum Gasteiger partial charge on any atom is -0.506 e. The molecule has 0 saturated carbocycles. The van der Waals surface area contributed by atoms with Crippen LogP contribution in [0.25, 0.3) is 17.8 Å². The fourth-order valence-corrected chi connectivity index (χ4v) is 3.36. The van der Waals surface area contributed by atoms with Crippen molar-refractivity contribution < 1.29 is 5.11 Å². The number of benzene rings is 3.